The molecule has 1 unspecified atom stereocenters. The molecule has 26 heavy (non-hydrogen) atoms. The lowest BCUT2D eigenvalue weighted by Gasteiger charge is -2.34. The first-order valence-electron chi connectivity index (χ1n) is 8.68. The van der Waals surface area contributed by atoms with Crippen molar-refractivity contribution in [2.24, 2.45) is 4.99 Å². The highest BCUT2D eigenvalue weighted by Gasteiger charge is 2.34. The second-order valence-electron chi connectivity index (χ2n) is 6.13. The Kier molecular flexibility index (Phi) is 7.75. The number of amides is 2. The molecule has 1 N–H and O–H groups in total. The first kappa shape index (κ1) is 21.0. The summed E-state index contributed by atoms with van der Waals surface area (Å²) in [4.78, 5) is 32.7. The fraction of sp³-hybridized carbons (Fsp3) is 0.500. The van der Waals surface area contributed by atoms with Crippen LogP contribution in [-0.2, 0) is 0 Å². The van der Waals surface area contributed by atoms with E-state index in [0.29, 0.717) is 29.5 Å². The Morgan fingerprint density at radius 1 is 1.27 bits per heavy atom. The zero-order valence-electron chi connectivity index (χ0n) is 15.1. The van der Waals surface area contributed by atoms with Crippen molar-refractivity contribution in [2.75, 3.05) is 39.0 Å². The number of rotatable bonds is 4. The Bertz CT molecular complexity index is 663. The van der Waals surface area contributed by atoms with Gasteiger partial charge >= 0.3 is 0 Å². The molecule has 1 atom stereocenters. The molecule has 1 aromatic carbocycles. The molecule has 0 aliphatic carbocycles. The molecule has 0 radical (unpaired) electrons. The van der Waals surface area contributed by atoms with Crippen molar-refractivity contribution in [2.45, 2.75) is 18.6 Å². The predicted octanol–water partition coefficient (Wildman–Crippen LogP) is 2.30. The van der Waals surface area contributed by atoms with Gasteiger partial charge in [-0.15, -0.1) is 24.0 Å². The third-order valence-electron chi connectivity index (χ3n) is 4.60. The zero-order chi connectivity index (χ0) is 17.8. The van der Waals surface area contributed by atoms with Crippen LogP contribution < -0.4 is 5.32 Å². The highest BCUT2D eigenvalue weighted by atomic mass is 127. The Morgan fingerprint density at radius 3 is 2.50 bits per heavy atom. The molecule has 2 aliphatic rings. The number of fused-ring (bicyclic) bond motifs is 1. The Labute approximate surface area is 175 Å². The number of carbonyl (C=O) groups is 2. The molecule has 0 bridgehead atoms. The molecular formula is C18H25IN4O2S. The van der Waals surface area contributed by atoms with Gasteiger partial charge in [0.05, 0.1) is 11.1 Å². The molecule has 0 spiro atoms. The molecule has 6 nitrogen and oxygen atoms in total. The van der Waals surface area contributed by atoms with Gasteiger partial charge in [-0.3, -0.25) is 19.5 Å². The topological polar surface area (TPSA) is 65.0 Å². The number of hydrogen-bond donors (Lipinski definition) is 1. The molecule has 1 saturated heterocycles. The third kappa shape index (κ3) is 4.33. The molecule has 2 heterocycles. The first-order valence-corrected chi connectivity index (χ1v) is 9.73. The summed E-state index contributed by atoms with van der Waals surface area (Å²) in [6.45, 7) is 4.99. The minimum absolute atomic E-state index is 0. The van der Waals surface area contributed by atoms with Gasteiger partial charge in [-0.2, -0.15) is 11.8 Å². The van der Waals surface area contributed by atoms with E-state index in [9.17, 15) is 9.59 Å². The quantitative estimate of drug-likeness (QED) is 0.305. The van der Waals surface area contributed by atoms with Gasteiger partial charge in [0.25, 0.3) is 11.8 Å². The molecule has 8 heteroatoms. The number of benzene rings is 1. The highest BCUT2D eigenvalue weighted by molar-refractivity contribution is 14.0. The maximum absolute atomic E-state index is 12.4. The van der Waals surface area contributed by atoms with Crippen LogP contribution in [0.2, 0.25) is 0 Å². The van der Waals surface area contributed by atoms with Gasteiger partial charge in [0.1, 0.15) is 0 Å². The number of nitrogens with one attached hydrogen (secondary N) is 1. The van der Waals surface area contributed by atoms with Gasteiger partial charge in [0, 0.05) is 44.2 Å². The maximum Gasteiger partial charge on any atom is 0.261 e. The summed E-state index contributed by atoms with van der Waals surface area (Å²) < 4.78 is 0. The number of carbonyl (C=O) groups excluding carboxylic acids is 2. The van der Waals surface area contributed by atoms with Gasteiger partial charge in [0.15, 0.2) is 5.96 Å². The van der Waals surface area contributed by atoms with E-state index in [-0.39, 0.29) is 35.8 Å². The minimum atomic E-state index is -0.210. The molecule has 142 valence electrons. The van der Waals surface area contributed by atoms with Crippen LogP contribution in [0.25, 0.3) is 0 Å². The molecule has 0 saturated carbocycles. The van der Waals surface area contributed by atoms with Crippen molar-refractivity contribution in [3.8, 4) is 0 Å². The summed E-state index contributed by atoms with van der Waals surface area (Å²) in [7, 11) is 1.77. The van der Waals surface area contributed by atoms with Crippen LogP contribution >= 0.6 is 35.7 Å². The van der Waals surface area contributed by atoms with Gasteiger partial charge in [-0.1, -0.05) is 19.1 Å². The minimum Gasteiger partial charge on any atom is -0.354 e. The van der Waals surface area contributed by atoms with E-state index in [2.05, 4.69) is 22.1 Å². The largest absolute Gasteiger partial charge is 0.354 e. The van der Waals surface area contributed by atoms with E-state index in [1.165, 1.54) is 4.90 Å². The van der Waals surface area contributed by atoms with Crippen LogP contribution in [0.15, 0.2) is 29.3 Å². The summed E-state index contributed by atoms with van der Waals surface area (Å²) >= 11 is 2.01. The summed E-state index contributed by atoms with van der Waals surface area (Å²) in [5.41, 5.74) is 0.992. The molecular weight excluding hydrogens is 463 g/mol. The summed E-state index contributed by atoms with van der Waals surface area (Å²) in [6.07, 6.45) is 1.15. The SMILES string of the molecule is CCC1CN(C(=NC)NCCN2C(=O)c3ccccc3C2=O)CCS1.I. The van der Waals surface area contributed by atoms with Crippen molar-refractivity contribution < 1.29 is 9.59 Å². The molecule has 2 aliphatic heterocycles. The number of guanidine groups is 1. The van der Waals surface area contributed by atoms with E-state index < -0.39 is 0 Å². The van der Waals surface area contributed by atoms with Crippen molar-refractivity contribution in [1.82, 2.24) is 15.1 Å². The number of halogens is 1. The molecule has 1 fully saturated rings. The van der Waals surface area contributed by atoms with E-state index in [1.54, 1.807) is 31.3 Å². The van der Waals surface area contributed by atoms with Crippen molar-refractivity contribution in [3.05, 3.63) is 35.4 Å². The Balaban J connectivity index is 0.00000243. The predicted molar refractivity (Wildman–Crippen MR) is 117 cm³/mol. The van der Waals surface area contributed by atoms with E-state index in [1.807, 2.05) is 11.8 Å². The van der Waals surface area contributed by atoms with Crippen LogP contribution in [-0.4, -0.2) is 71.8 Å². The molecule has 3 rings (SSSR count). The molecule has 0 aromatic heterocycles. The second-order valence-corrected chi connectivity index (χ2v) is 7.54. The number of thioether (sulfide) groups is 1. The first-order chi connectivity index (χ1) is 12.2. The van der Waals surface area contributed by atoms with Crippen LogP contribution in [0.4, 0.5) is 0 Å². The number of hydrogen-bond acceptors (Lipinski definition) is 4. The van der Waals surface area contributed by atoms with Crippen molar-refractivity contribution in [1.29, 1.82) is 0 Å². The van der Waals surface area contributed by atoms with E-state index >= 15 is 0 Å². The lowest BCUT2D eigenvalue weighted by Crippen LogP contribution is -2.49. The lowest BCUT2D eigenvalue weighted by atomic mass is 10.1. The fourth-order valence-electron chi connectivity index (χ4n) is 3.21. The van der Waals surface area contributed by atoms with Crippen molar-refractivity contribution >= 4 is 53.5 Å². The normalized spacial score (nSPS) is 20.1. The second kappa shape index (κ2) is 9.59. The van der Waals surface area contributed by atoms with Crippen LogP contribution in [0.5, 0.6) is 0 Å². The summed E-state index contributed by atoms with van der Waals surface area (Å²) in [6, 6.07) is 6.98. The Hall–Kier alpha value is -1.29. The average molecular weight is 488 g/mol. The maximum atomic E-state index is 12.4. The summed E-state index contributed by atoms with van der Waals surface area (Å²) in [5, 5.41) is 3.93. The average Bonchev–Trinajstić information content (AvgIpc) is 2.90. The monoisotopic (exact) mass is 488 g/mol. The van der Waals surface area contributed by atoms with Gasteiger partial charge in [0.2, 0.25) is 0 Å². The number of aliphatic imine (C=N–C) groups is 1. The van der Waals surface area contributed by atoms with E-state index in [4.69, 9.17) is 0 Å². The molecule has 1 aromatic rings. The van der Waals surface area contributed by atoms with Crippen LogP contribution in [0.3, 0.4) is 0 Å². The Morgan fingerprint density at radius 2 is 1.92 bits per heavy atom. The number of nitrogens with zero attached hydrogens (tertiary/aromatic N) is 3. The van der Waals surface area contributed by atoms with Crippen LogP contribution in [0.1, 0.15) is 34.1 Å². The van der Waals surface area contributed by atoms with Gasteiger partial charge in [-0.05, 0) is 18.6 Å². The van der Waals surface area contributed by atoms with E-state index in [0.717, 1.165) is 31.2 Å². The third-order valence-corrected chi connectivity index (χ3v) is 5.97. The smallest absolute Gasteiger partial charge is 0.261 e. The van der Waals surface area contributed by atoms with Crippen LogP contribution in [0, 0.1) is 0 Å². The summed E-state index contributed by atoms with van der Waals surface area (Å²) in [5.74, 6) is 1.52. The van der Waals surface area contributed by atoms with Gasteiger partial charge in [-0.25, -0.2) is 0 Å². The fourth-order valence-corrected chi connectivity index (χ4v) is 4.39. The molecule has 2 amide bonds. The lowest BCUT2D eigenvalue weighted by molar-refractivity contribution is 0.0657. The zero-order valence-corrected chi connectivity index (χ0v) is 18.3. The van der Waals surface area contributed by atoms with Crippen molar-refractivity contribution in [3.63, 3.8) is 0 Å². The highest BCUT2D eigenvalue weighted by Crippen LogP contribution is 2.22. The standard InChI is InChI=1S/C18H24N4O2S.HI/c1-3-13-12-21(10-11-25-13)18(19-2)20-8-9-22-16(23)14-6-4-5-7-15(14)17(22)24;/h4-7,13H,3,8-12H2,1-2H3,(H,19,20);1H. The van der Waals surface area contributed by atoms with Gasteiger partial charge < -0.3 is 10.2 Å². The number of imide groups is 1.